The van der Waals surface area contributed by atoms with Crippen molar-refractivity contribution in [1.82, 2.24) is 20.1 Å². The average Bonchev–Trinajstić information content (AvgIpc) is 3.40. The molecule has 158 valence electrons. The van der Waals surface area contributed by atoms with Crippen molar-refractivity contribution < 1.29 is 9.59 Å². The largest absolute Gasteiger partial charge is 0.364 e. The number of hydrogen-bond donors (Lipinski definition) is 3. The highest BCUT2D eigenvalue weighted by atomic mass is 16.2. The Morgan fingerprint density at radius 2 is 1.90 bits per heavy atom. The van der Waals surface area contributed by atoms with Gasteiger partial charge in [-0.15, -0.1) is 0 Å². The normalized spacial score (nSPS) is 12.0. The lowest BCUT2D eigenvalue weighted by Gasteiger charge is -2.20. The number of nitrogens with one attached hydrogen (secondary N) is 2. The van der Waals surface area contributed by atoms with E-state index in [2.05, 4.69) is 15.5 Å². The van der Waals surface area contributed by atoms with Crippen molar-refractivity contribution in [3.63, 3.8) is 0 Å². The molecule has 1 atom stereocenters. The number of fused-ring (bicyclic) bond motifs is 1. The number of H-pyrrole nitrogens is 1. The number of aryl methyl sites for hydroxylation is 2. The maximum absolute atomic E-state index is 12.8. The standard InChI is InChI=1S/C24H25N5O2/c1-29-15-7-14-20(29)24(31)26-18(16-8-3-2-4-9-16)12-5-10-17-11-6-13-19-21(17)22(23(25)30)28-27-19/h2-4,6-9,11,13-15,18H,5,10,12H2,1H3,(H2,25,30)(H,26,31)(H,27,28). The van der Waals surface area contributed by atoms with Crippen LogP contribution in [-0.4, -0.2) is 26.6 Å². The van der Waals surface area contributed by atoms with Gasteiger partial charge in [0.15, 0.2) is 5.69 Å². The fourth-order valence-corrected chi connectivity index (χ4v) is 3.96. The van der Waals surface area contributed by atoms with Gasteiger partial charge in [-0.1, -0.05) is 42.5 Å². The number of aromatic nitrogens is 3. The average molecular weight is 415 g/mol. The molecule has 4 aromatic rings. The third-order valence-electron chi connectivity index (χ3n) is 5.53. The van der Waals surface area contributed by atoms with Gasteiger partial charge in [0.25, 0.3) is 11.8 Å². The van der Waals surface area contributed by atoms with Crippen molar-refractivity contribution in [1.29, 1.82) is 0 Å². The Kier molecular flexibility index (Phi) is 5.84. The van der Waals surface area contributed by atoms with E-state index in [1.807, 2.05) is 78.5 Å². The van der Waals surface area contributed by atoms with Crippen molar-refractivity contribution >= 4 is 22.7 Å². The monoisotopic (exact) mass is 415 g/mol. The summed E-state index contributed by atoms with van der Waals surface area (Å²) >= 11 is 0. The van der Waals surface area contributed by atoms with Gasteiger partial charge in [-0.2, -0.15) is 5.10 Å². The van der Waals surface area contributed by atoms with Gasteiger partial charge in [0.2, 0.25) is 0 Å². The van der Waals surface area contributed by atoms with Crippen LogP contribution < -0.4 is 11.1 Å². The molecule has 7 heteroatoms. The molecule has 0 aliphatic rings. The predicted octanol–water partition coefficient (Wildman–Crippen LogP) is 3.49. The number of rotatable bonds is 8. The zero-order chi connectivity index (χ0) is 21.8. The van der Waals surface area contributed by atoms with E-state index in [0.717, 1.165) is 41.3 Å². The van der Waals surface area contributed by atoms with E-state index in [4.69, 9.17) is 5.73 Å². The van der Waals surface area contributed by atoms with Crippen molar-refractivity contribution in [2.75, 3.05) is 0 Å². The highest BCUT2D eigenvalue weighted by Crippen LogP contribution is 2.25. The Balaban J connectivity index is 1.52. The first-order chi connectivity index (χ1) is 15.0. The van der Waals surface area contributed by atoms with Crippen molar-refractivity contribution in [3.05, 3.63) is 89.4 Å². The number of aromatic amines is 1. The summed E-state index contributed by atoms with van der Waals surface area (Å²) < 4.78 is 1.81. The zero-order valence-electron chi connectivity index (χ0n) is 17.3. The maximum atomic E-state index is 12.8. The summed E-state index contributed by atoms with van der Waals surface area (Å²) in [6.45, 7) is 0. The molecule has 0 radical (unpaired) electrons. The molecule has 0 saturated heterocycles. The van der Waals surface area contributed by atoms with E-state index in [9.17, 15) is 9.59 Å². The fourth-order valence-electron chi connectivity index (χ4n) is 3.96. The van der Waals surface area contributed by atoms with Crippen LogP contribution in [0, 0.1) is 0 Å². The van der Waals surface area contributed by atoms with Gasteiger partial charge in [0.05, 0.1) is 11.6 Å². The molecule has 2 aromatic carbocycles. The Morgan fingerprint density at radius 1 is 1.10 bits per heavy atom. The number of amides is 2. The summed E-state index contributed by atoms with van der Waals surface area (Å²) in [4.78, 5) is 24.6. The second-order valence-corrected chi connectivity index (χ2v) is 7.61. The van der Waals surface area contributed by atoms with Crippen LogP contribution in [0.1, 0.15) is 51.0 Å². The lowest BCUT2D eigenvalue weighted by atomic mass is 9.97. The lowest BCUT2D eigenvalue weighted by molar-refractivity contribution is 0.0925. The van der Waals surface area contributed by atoms with Crippen LogP contribution in [0.25, 0.3) is 10.9 Å². The van der Waals surface area contributed by atoms with Crippen molar-refractivity contribution in [2.45, 2.75) is 25.3 Å². The molecular weight excluding hydrogens is 390 g/mol. The van der Waals surface area contributed by atoms with Gasteiger partial charge in [0, 0.05) is 18.6 Å². The number of hydrogen-bond acceptors (Lipinski definition) is 3. The predicted molar refractivity (Wildman–Crippen MR) is 120 cm³/mol. The summed E-state index contributed by atoms with van der Waals surface area (Å²) in [6, 6.07) is 19.3. The zero-order valence-corrected chi connectivity index (χ0v) is 17.3. The quantitative estimate of drug-likeness (QED) is 0.410. The molecule has 31 heavy (non-hydrogen) atoms. The highest BCUT2D eigenvalue weighted by Gasteiger charge is 2.18. The molecule has 2 amide bonds. The Morgan fingerprint density at radius 3 is 2.61 bits per heavy atom. The smallest absolute Gasteiger partial charge is 0.269 e. The fraction of sp³-hybridized carbons (Fsp3) is 0.208. The molecule has 0 fully saturated rings. The Hall–Kier alpha value is -3.87. The summed E-state index contributed by atoms with van der Waals surface area (Å²) in [5.41, 5.74) is 9.24. The molecule has 4 N–H and O–H groups in total. The molecule has 0 saturated carbocycles. The van der Waals surface area contributed by atoms with Crippen LogP contribution in [0.3, 0.4) is 0 Å². The van der Waals surface area contributed by atoms with Crippen LogP contribution in [-0.2, 0) is 13.5 Å². The number of benzene rings is 2. The Bertz CT molecular complexity index is 1210. The van der Waals surface area contributed by atoms with Crippen LogP contribution in [0.2, 0.25) is 0 Å². The maximum Gasteiger partial charge on any atom is 0.269 e. The second-order valence-electron chi connectivity index (χ2n) is 7.61. The minimum Gasteiger partial charge on any atom is -0.364 e. The number of carbonyl (C=O) groups is 2. The lowest BCUT2D eigenvalue weighted by Crippen LogP contribution is -2.30. The summed E-state index contributed by atoms with van der Waals surface area (Å²) in [6.07, 6.45) is 4.16. The molecule has 0 bridgehead atoms. The first kappa shape index (κ1) is 20.4. The van der Waals surface area contributed by atoms with Crippen molar-refractivity contribution in [3.8, 4) is 0 Å². The molecule has 4 rings (SSSR count). The molecule has 7 nitrogen and oxygen atoms in total. The van der Waals surface area contributed by atoms with Crippen LogP contribution in [0.15, 0.2) is 66.9 Å². The third-order valence-corrected chi connectivity index (χ3v) is 5.53. The summed E-state index contributed by atoms with van der Waals surface area (Å²) in [5, 5.41) is 10.9. The molecular formula is C24H25N5O2. The number of primary amides is 1. The number of nitrogens with two attached hydrogens (primary N) is 1. The second kappa shape index (κ2) is 8.87. The number of carbonyl (C=O) groups excluding carboxylic acids is 2. The van der Waals surface area contributed by atoms with E-state index >= 15 is 0 Å². The van der Waals surface area contributed by atoms with Gasteiger partial charge in [-0.25, -0.2) is 0 Å². The van der Waals surface area contributed by atoms with Gasteiger partial charge >= 0.3 is 0 Å². The molecule has 2 heterocycles. The summed E-state index contributed by atoms with van der Waals surface area (Å²) in [5.74, 6) is -0.648. The molecule has 0 aliphatic carbocycles. The molecule has 1 unspecified atom stereocenters. The van der Waals surface area contributed by atoms with Crippen LogP contribution in [0.4, 0.5) is 0 Å². The van der Waals surface area contributed by atoms with Crippen LogP contribution in [0.5, 0.6) is 0 Å². The first-order valence-electron chi connectivity index (χ1n) is 10.3. The molecule has 2 aromatic heterocycles. The topological polar surface area (TPSA) is 106 Å². The minimum absolute atomic E-state index is 0.102. The van der Waals surface area contributed by atoms with Gasteiger partial charge in [-0.05, 0) is 48.6 Å². The van der Waals surface area contributed by atoms with Gasteiger partial charge in [0.1, 0.15) is 5.69 Å². The molecule has 0 aliphatic heterocycles. The van der Waals surface area contributed by atoms with Gasteiger partial charge < -0.3 is 15.6 Å². The first-order valence-corrected chi connectivity index (χ1v) is 10.3. The van der Waals surface area contributed by atoms with Gasteiger partial charge in [-0.3, -0.25) is 14.7 Å². The van der Waals surface area contributed by atoms with E-state index in [1.165, 1.54) is 0 Å². The van der Waals surface area contributed by atoms with E-state index in [0.29, 0.717) is 5.69 Å². The molecule has 0 spiro atoms. The van der Waals surface area contributed by atoms with E-state index in [1.54, 1.807) is 0 Å². The Labute approximate surface area is 180 Å². The minimum atomic E-state index is -0.546. The van der Waals surface area contributed by atoms with Crippen LogP contribution >= 0.6 is 0 Å². The van der Waals surface area contributed by atoms with E-state index < -0.39 is 5.91 Å². The van der Waals surface area contributed by atoms with E-state index in [-0.39, 0.29) is 17.6 Å². The SMILES string of the molecule is Cn1cccc1C(=O)NC(CCCc1cccc2[nH]nc(C(N)=O)c12)c1ccccc1. The third kappa shape index (κ3) is 4.35. The van der Waals surface area contributed by atoms with Crippen molar-refractivity contribution in [2.24, 2.45) is 12.8 Å². The number of nitrogens with zero attached hydrogens (tertiary/aromatic N) is 2. The summed E-state index contributed by atoms with van der Waals surface area (Å²) in [7, 11) is 1.86. The highest BCUT2D eigenvalue weighted by molar-refractivity contribution is 6.05.